The van der Waals surface area contributed by atoms with Crippen LogP contribution in [0.4, 0.5) is 0 Å². The van der Waals surface area contributed by atoms with Crippen LogP contribution in [0.2, 0.25) is 0 Å². The molecule has 6 heteroatoms. The Bertz CT molecular complexity index is 499. The van der Waals surface area contributed by atoms with Crippen molar-refractivity contribution in [1.29, 1.82) is 0 Å². The van der Waals surface area contributed by atoms with E-state index < -0.39 is 11.5 Å². The van der Waals surface area contributed by atoms with Crippen LogP contribution in [0.3, 0.4) is 0 Å². The number of nitrogens with one attached hydrogen (secondary N) is 1. The molecule has 0 saturated heterocycles. The van der Waals surface area contributed by atoms with Crippen LogP contribution in [0.15, 0.2) is 4.52 Å². The van der Waals surface area contributed by atoms with Crippen molar-refractivity contribution in [1.82, 2.24) is 10.5 Å². The van der Waals surface area contributed by atoms with Gasteiger partial charge in [-0.15, -0.1) is 0 Å². The average molecular weight is 266 g/mol. The minimum absolute atomic E-state index is 0.0265. The Morgan fingerprint density at radius 3 is 2.53 bits per heavy atom. The highest BCUT2D eigenvalue weighted by Gasteiger charge is 2.48. The van der Waals surface area contributed by atoms with Crippen LogP contribution in [-0.4, -0.2) is 27.7 Å². The van der Waals surface area contributed by atoms with Crippen molar-refractivity contribution in [2.45, 2.75) is 45.6 Å². The molecule has 0 spiro atoms. The molecule has 0 aliphatic heterocycles. The maximum absolute atomic E-state index is 12.0. The second-order valence-corrected chi connectivity index (χ2v) is 5.31. The lowest BCUT2D eigenvalue weighted by Crippen LogP contribution is -2.54. The Labute approximate surface area is 111 Å². The van der Waals surface area contributed by atoms with Gasteiger partial charge in [0.1, 0.15) is 11.3 Å². The number of hydrogen-bond donors (Lipinski definition) is 2. The van der Waals surface area contributed by atoms with Gasteiger partial charge in [-0.05, 0) is 39.5 Å². The molecule has 0 aromatic carbocycles. The number of carboxylic acid groups (broad SMARTS) is 1. The summed E-state index contributed by atoms with van der Waals surface area (Å²) in [7, 11) is 0. The van der Waals surface area contributed by atoms with Crippen LogP contribution < -0.4 is 5.32 Å². The van der Waals surface area contributed by atoms with Gasteiger partial charge in [-0.2, -0.15) is 0 Å². The summed E-state index contributed by atoms with van der Waals surface area (Å²) >= 11 is 0. The highest BCUT2D eigenvalue weighted by atomic mass is 16.5. The Morgan fingerprint density at radius 1 is 1.47 bits per heavy atom. The van der Waals surface area contributed by atoms with E-state index >= 15 is 0 Å². The van der Waals surface area contributed by atoms with Gasteiger partial charge in [0.15, 0.2) is 0 Å². The fourth-order valence-corrected chi connectivity index (χ4v) is 2.24. The molecule has 1 amide bonds. The molecule has 1 heterocycles. The number of rotatable bonds is 5. The van der Waals surface area contributed by atoms with Crippen LogP contribution >= 0.6 is 0 Å². The maximum atomic E-state index is 12.0. The van der Waals surface area contributed by atoms with Crippen LogP contribution in [0.25, 0.3) is 0 Å². The molecule has 0 bridgehead atoms. The predicted molar refractivity (Wildman–Crippen MR) is 66.6 cm³/mol. The molecule has 1 saturated carbocycles. The van der Waals surface area contributed by atoms with Gasteiger partial charge in [-0.3, -0.25) is 4.79 Å². The van der Waals surface area contributed by atoms with E-state index in [0.29, 0.717) is 11.5 Å². The molecule has 1 aliphatic rings. The smallest absolute Gasteiger partial charge is 0.329 e. The van der Waals surface area contributed by atoms with Crippen LogP contribution in [0.5, 0.6) is 0 Å². The summed E-state index contributed by atoms with van der Waals surface area (Å²) in [5.41, 5.74) is 0.216. The fraction of sp³-hybridized carbons (Fsp3) is 0.615. The monoisotopic (exact) mass is 266 g/mol. The number of aromatic nitrogens is 1. The van der Waals surface area contributed by atoms with E-state index in [-0.39, 0.29) is 18.2 Å². The van der Waals surface area contributed by atoms with Crippen molar-refractivity contribution in [3.05, 3.63) is 17.0 Å². The Kier molecular flexibility index (Phi) is 3.34. The Balaban J connectivity index is 2.07. The second kappa shape index (κ2) is 4.68. The van der Waals surface area contributed by atoms with E-state index in [0.717, 1.165) is 18.4 Å². The summed E-state index contributed by atoms with van der Waals surface area (Å²) in [6.07, 6.45) is 1.78. The minimum Gasteiger partial charge on any atom is -0.480 e. The third kappa shape index (κ3) is 2.62. The van der Waals surface area contributed by atoms with Crippen molar-refractivity contribution in [3.63, 3.8) is 0 Å². The highest BCUT2D eigenvalue weighted by Crippen LogP contribution is 2.39. The zero-order valence-electron chi connectivity index (χ0n) is 11.3. The van der Waals surface area contributed by atoms with Crippen molar-refractivity contribution < 1.29 is 19.2 Å². The Hall–Kier alpha value is -1.85. The Morgan fingerprint density at radius 2 is 2.11 bits per heavy atom. The molecule has 19 heavy (non-hydrogen) atoms. The summed E-state index contributed by atoms with van der Waals surface area (Å²) < 4.78 is 4.99. The van der Waals surface area contributed by atoms with Gasteiger partial charge in [-0.25, -0.2) is 4.79 Å². The summed E-state index contributed by atoms with van der Waals surface area (Å²) in [5, 5.41) is 15.7. The first kappa shape index (κ1) is 13.6. The van der Waals surface area contributed by atoms with E-state index in [2.05, 4.69) is 10.5 Å². The molecule has 2 N–H and O–H groups in total. The van der Waals surface area contributed by atoms with E-state index in [9.17, 15) is 14.7 Å². The van der Waals surface area contributed by atoms with Crippen molar-refractivity contribution in [2.24, 2.45) is 5.92 Å². The molecule has 6 nitrogen and oxygen atoms in total. The summed E-state index contributed by atoms with van der Waals surface area (Å²) in [6.45, 7) is 5.06. The third-order valence-corrected chi connectivity index (χ3v) is 3.76. The highest BCUT2D eigenvalue weighted by molar-refractivity contribution is 5.88. The van der Waals surface area contributed by atoms with Gasteiger partial charge in [0.25, 0.3) is 0 Å². The normalized spacial score (nSPS) is 17.8. The number of carbonyl (C=O) groups excluding carboxylic acids is 1. The second-order valence-electron chi connectivity index (χ2n) is 5.31. The quantitative estimate of drug-likeness (QED) is 0.835. The lowest BCUT2D eigenvalue weighted by Gasteiger charge is -2.26. The lowest BCUT2D eigenvalue weighted by molar-refractivity contribution is -0.147. The number of carbonyl (C=O) groups is 2. The zero-order valence-corrected chi connectivity index (χ0v) is 11.3. The lowest BCUT2D eigenvalue weighted by atomic mass is 9.95. The van der Waals surface area contributed by atoms with Gasteiger partial charge in [-0.1, -0.05) is 5.16 Å². The van der Waals surface area contributed by atoms with Gasteiger partial charge in [0.2, 0.25) is 5.91 Å². The molecule has 104 valence electrons. The number of nitrogens with zero attached hydrogens (tertiary/aromatic N) is 1. The number of aliphatic carboxylic acids is 1. The van der Waals surface area contributed by atoms with Crippen molar-refractivity contribution >= 4 is 11.9 Å². The molecule has 2 rings (SSSR count). The van der Waals surface area contributed by atoms with E-state index in [4.69, 9.17) is 4.52 Å². The largest absolute Gasteiger partial charge is 0.480 e. The van der Waals surface area contributed by atoms with E-state index in [1.807, 2.05) is 0 Å². The van der Waals surface area contributed by atoms with E-state index in [1.165, 1.54) is 0 Å². The van der Waals surface area contributed by atoms with Crippen LogP contribution in [-0.2, 0) is 16.0 Å². The molecular weight excluding hydrogens is 248 g/mol. The molecular formula is C13H18N2O4. The summed E-state index contributed by atoms with van der Waals surface area (Å²) in [6, 6.07) is 0. The SMILES string of the molecule is Cc1noc(C)c1CC(=O)N[C@](C)(C(=O)O)C1CC1. The summed E-state index contributed by atoms with van der Waals surface area (Å²) in [4.78, 5) is 23.4. The molecule has 0 radical (unpaired) electrons. The summed E-state index contributed by atoms with van der Waals surface area (Å²) in [5.74, 6) is -0.678. The fourth-order valence-electron chi connectivity index (χ4n) is 2.24. The number of aryl methyl sites for hydroxylation is 2. The first-order valence-corrected chi connectivity index (χ1v) is 6.30. The van der Waals surface area contributed by atoms with Gasteiger partial charge in [0.05, 0.1) is 12.1 Å². The zero-order chi connectivity index (χ0) is 14.2. The van der Waals surface area contributed by atoms with Crippen molar-refractivity contribution in [2.75, 3.05) is 0 Å². The predicted octanol–water partition coefficient (Wildman–Crippen LogP) is 1.20. The molecule has 1 fully saturated rings. The first-order valence-electron chi connectivity index (χ1n) is 6.30. The number of hydrogen-bond acceptors (Lipinski definition) is 4. The number of amides is 1. The van der Waals surface area contributed by atoms with Crippen LogP contribution in [0.1, 0.15) is 36.8 Å². The molecule has 0 unspecified atom stereocenters. The van der Waals surface area contributed by atoms with Gasteiger partial charge < -0.3 is 14.9 Å². The standard InChI is InChI=1S/C13H18N2O4/c1-7-10(8(2)19-15-7)6-11(16)14-13(3,12(17)18)9-4-5-9/h9H,4-6H2,1-3H3,(H,14,16)(H,17,18)/t13-/m0/s1. The first-order chi connectivity index (χ1) is 8.84. The third-order valence-electron chi connectivity index (χ3n) is 3.76. The molecule has 1 aromatic rings. The average Bonchev–Trinajstić information content (AvgIpc) is 3.12. The van der Waals surface area contributed by atoms with Gasteiger partial charge in [0, 0.05) is 5.56 Å². The molecule has 1 atom stereocenters. The topological polar surface area (TPSA) is 92.4 Å². The van der Waals surface area contributed by atoms with Crippen molar-refractivity contribution in [3.8, 4) is 0 Å². The van der Waals surface area contributed by atoms with Gasteiger partial charge >= 0.3 is 5.97 Å². The molecule has 1 aromatic heterocycles. The number of carboxylic acids is 1. The van der Waals surface area contributed by atoms with E-state index in [1.54, 1.807) is 20.8 Å². The minimum atomic E-state index is -1.17. The molecule has 1 aliphatic carbocycles. The maximum Gasteiger partial charge on any atom is 0.329 e. The van der Waals surface area contributed by atoms with Crippen LogP contribution in [0, 0.1) is 19.8 Å².